The van der Waals surface area contributed by atoms with E-state index in [0.29, 0.717) is 11.3 Å². The summed E-state index contributed by atoms with van der Waals surface area (Å²) in [5, 5.41) is 7.85. The van der Waals surface area contributed by atoms with Crippen LogP contribution in [0.5, 0.6) is 0 Å². The molecule has 0 bridgehead atoms. The first-order valence-electron chi connectivity index (χ1n) is 4.83. The molecular weight excluding hydrogens is 196 g/mol. The first-order valence-corrected chi connectivity index (χ1v) is 4.83. The van der Waals surface area contributed by atoms with Crippen molar-refractivity contribution in [3.8, 4) is 0 Å². The van der Waals surface area contributed by atoms with Gasteiger partial charge in [0, 0.05) is 6.54 Å². The number of aromatic nitrogens is 5. The van der Waals surface area contributed by atoms with Crippen molar-refractivity contribution in [2.45, 2.75) is 25.4 Å². The smallest absolute Gasteiger partial charge is 0.325 e. The minimum absolute atomic E-state index is 0.185. The van der Waals surface area contributed by atoms with E-state index in [4.69, 9.17) is 5.73 Å². The van der Waals surface area contributed by atoms with Crippen molar-refractivity contribution in [2.75, 3.05) is 0 Å². The van der Waals surface area contributed by atoms with Gasteiger partial charge >= 0.3 is 5.69 Å². The normalized spacial score (nSPS) is 16.1. The Balaban J connectivity index is 2.29. The van der Waals surface area contributed by atoms with E-state index >= 15 is 0 Å². The summed E-state index contributed by atoms with van der Waals surface area (Å²) in [6, 6.07) is 0.220. The van der Waals surface area contributed by atoms with Gasteiger partial charge in [-0.05, 0) is 12.8 Å². The molecule has 2 aromatic heterocycles. The number of nitrogens with two attached hydrogens (primary N) is 1. The molecule has 2 aromatic rings. The predicted octanol–water partition coefficient (Wildman–Crippen LogP) is -0.920. The Morgan fingerprint density at radius 3 is 3.00 bits per heavy atom. The molecule has 7 heteroatoms. The van der Waals surface area contributed by atoms with Crippen LogP contribution in [0.4, 0.5) is 0 Å². The van der Waals surface area contributed by atoms with Crippen molar-refractivity contribution >= 4 is 5.65 Å². The molecule has 1 aliphatic carbocycles. The van der Waals surface area contributed by atoms with Gasteiger partial charge < -0.3 is 5.73 Å². The first-order chi connectivity index (χ1) is 7.31. The van der Waals surface area contributed by atoms with Crippen molar-refractivity contribution in [3.05, 3.63) is 22.5 Å². The Kier molecular flexibility index (Phi) is 1.63. The lowest BCUT2D eigenvalue weighted by Gasteiger charge is -2.00. The standard InChI is InChI=1S/C8H10N6O/c9-3-6-7-11-12-14(5-1-2-5)8(15)13(7)4-10-6/h4-5H,1-3,9H2. The maximum atomic E-state index is 11.9. The van der Waals surface area contributed by atoms with E-state index in [1.165, 1.54) is 15.4 Å². The molecule has 0 unspecified atom stereocenters. The van der Waals surface area contributed by atoms with E-state index in [0.717, 1.165) is 12.8 Å². The second-order valence-corrected chi connectivity index (χ2v) is 3.64. The lowest BCUT2D eigenvalue weighted by Crippen LogP contribution is -2.29. The molecule has 15 heavy (non-hydrogen) atoms. The van der Waals surface area contributed by atoms with E-state index in [1.807, 2.05) is 0 Å². The second kappa shape index (κ2) is 2.86. The van der Waals surface area contributed by atoms with Crippen molar-refractivity contribution in [1.82, 2.24) is 24.4 Å². The molecular formula is C8H10N6O. The fourth-order valence-corrected chi connectivity index (χ4v) is 1.56. The Morgan fingerprint density at radius 2 is 2.33 bits per heavy atom. The topological polar surface area (TPSA) is 91.1 Å². The molecule has 0 aromatic carbocycles. The average molecular weight is 206 g/mol. The highest BCUT2D eigenvalue weighted by atomic mass is 16.2. The zero-order valence-electron chi connectivity index (χ0n) is 8.00. The highest BCUT2D eigenvalue weighted by Crippen LogP contribution is 2.32. The summed E-state index contributed by atoms with van der Waals surface area (Å²) >= 11 is 0. The van der Waals surface area contributed by atoms with Crippen molar-refractivity contribution in [2.24, 2.45) is 5.73 Å². The molecule has 0 spiro atoms. The molecule has 1 saturated carbocycles. The van der Waals surface area contributed by atoms with Crippen molar-refractivity contribution in [1.29, 1.82) is 0 Å². The first kappa shape index (κ1) is 8.54. The minimum Gasteiger partial charge on any atom is -0.325 e. The van der Waals surface area contributed by atoms with Gasteiger partial charge in [0.1, 0.15) is 12.0 Å². The number of imidazole rings is 1. The summed E-state index contributed by atoms with van der Waals surface area (Å²) in [6.45, 7) is 0.262. The van der Waals surface area contributed by atoms with E-state index in [-0.39, 0.29) is 18.3 Å². The number of nitrogens with zero attached hydrogens (tertiary/aromatic N) is 5. The van der Waals surface area contributed by atoms with Gasteiger partial charge in [-0.3, -0.25) is 0 Å². The van der Waals surface area contributed by atoms with Crippen LogP contribution in [0, 0.1) is 0 Å². The molecule has 0 atom stereocenters. The van der Waals surface area contributed by atoms with E-state index in [9.17, 15) is 4.79 Å². The number of rotatable bonds is 2. The van der Waals surface area contributed by atoms with Crippen LogP contribution in [0.25, 0.3) is 5.65 Å². The molecule has 3 rings (SSSR count). The zero-order valence-corrected chi connectivity index (χ0v) is 8.00. The van der Waals surface area contributed by atoms with Gasteiger partial charge in [-0.2, -0.15) is 4.68 Å². The van der Waals surface area contributed by atoms with Crippen LogP contribution in [0.1, 0.15) is 24.6 Å². The number of hydrogen-bond donors (Lipinski definition) is 1. The van der Waals surface area contributed by atoms with Crippen LogP contribution < -0.4 is 11.4 Å². The fourth-order valence-electron chi connectivity index (χ4n) is 1.56. The molecule has 1 fully saturated rings. The van der Waals surface area contributed by atoms with Gasteiger partial charge in [-0.25, -0.2) is 14.2 Å². The lowest BCUT2D eigenvalue weighted by atomic mass is 10.5. The van der Waals surface area contributed by atoms with Crippen molar-refractivity contribution in [3.63, 3.8) is 0 Å². The van der Waals surface area contributed by atoms with Crippen LogP contribution in [0.2, 0.25) is 0 Å². The monoisotopic (exact) mass is 206 g/mol. The summed E-state index contributed by atoms with van der Waals surface area (Å²) < 4.78 is 2.81. The number of fused-ring (bicyclic) bond motifs is 1. The Bertz CT molecular complexity index is 566. The van der Waals surface area contributed by atoms with Gasteiger partial charge in [0.15, 0.2) is 5.65 Å². The Labute approximate surface area is 84.5 Å². The van der Waals surface area contributed by atoms with Crippen LogP contribution in [-0.2, 0) is 6.54 Å². The molecule has 1 aliphatic rings. The number of hydrogen-bond acceptors (Lipinski definition) is 5. The van der Waals surface area contributed by atoms with Crippen LogP contribution >= 0.6 is 0 Å². The third-order valence-electron chi connectivity index (χ3n) is 2.54. The van der Waals surface area contributed by atoms with Gasteiger partial charge in [0.05, 0.1) is 6.04 Å². The average Bonchev–Trinajstić information content (AvgIpc) is 2.98. The van der Waals surface area contributed by atoms with Crippen LogP contribution in [0.3, 0.4) is 0 Å². The van der Waals surface area contributed by atoms with E-state index in [1.54, 1.807) is 0 Å². The summed E-state index contributed by atoms with van der Waals surface area (Å²) in [5.74, 6) is 0. The van der Waals surface area contributed by atoms with E-state index in [2.05, 4.69) is 15.3 Å². The molecule has 0 amide bonds. The third kappa shape index (κ3) is 1.16. The molecule has 0 radical (unpaired) electrons. The van der Waals surface area contributed by atoms with E-state index < -0.39 is 0 Å². The quantitative estimate of drug-likeness (QED) is 0.686. The minimum atomic E-state index is -0.185. The molecule has 2 heterocycles. The maximum Gasteiger partial charge on any atom is 0.353 e. The summed E-state index contributed by atoms with van der Waals surface area (Å²) in [7, 11) is 0. The molecule has 2 N–H and O–H groups in total. The van der Waals surface area contributed by atoms with Crippen LogP contribution in [0.15, 0.2) is 11.1 Å². The third-order valence-corrected chi connectivity index (χ3v) is 2.54. The molecule has 0 aliphatic heterocycles. The zero-order chi connectivity index (χ0) is 10.4. The molecule has 7 nitrogen and oxygen atoms in total. The van der Waals surface area contributed by atoms with Gasteiger partial charge in [-0.1, -0.05) is 5.21 Å². The summed E-state index contributed by atoms with van der Waals surface area (Å²) in [6.07, 6.45) is 3.45. The summed E-state index contributed by atoms with van der Waals surface area (Å²) in [5.41, 5.74) is 6.34. The fraction of sp³-hybridized carbons (Fsp3) is 0.500. The van der Waals surface area contributed by atoms with Crippen molar-refractivity contribution < 1.29 is 0 Å². The Hall–Kier alpha value is -1.76. The highest BCUT2D eigenvalue weighted by molar-refractivity contribution is 5.41. The second-order valence-electron chi connectivity index (χ2n) is 3.64. The molecule has 78 valence electrons. The largest absolute Gasteiger partial charge is 0.353 e. The van der Waals surface area contributed by atoms with Gasteiger partial charge in [-0.15, -0.1) is 5.10 Å². The predicted molar refractivity (Wildman–Crippen MR) is 51.2 cm³/mol. The Morgan fingerprint density at radius 1 is 1.53 bits per heavy atom. The lowest BCUT2D eigenvalue weighted by molar-refractivity contribution is 0.530. The maximum absolute atomic E-state index is 11.9. The van der Waals surface area contributed by atoms with Gasteiger partial charge in [0.2, 0.25) is 0 Å². The molecule has 0 saturated heterocycles. The highest BCUT2D eigenvalue weighted by Gasteiger charge is 2.27. The summed E-state index contributed by atoms with van der Waals surface area (Å²) in [4.78, 5) is 15.9. The SMILES string of the molecule is NCc1ncn2c(=O)n(C3CC3)nnc12. The van der Waals surface area contributed by atoms with Crippen LogP contribution in [-0.4, -0.2) is 24.4 Å². The van der Waals surface area contributed by atoms with Gasteiger partial charge in [0.25, 0.3) is 0 Å².